The maximum absolute atomic E-state index is 9.72. The van der Waals surface area contributed by atoms with Crippen molar-refractivity contribution >= 4 is 17.1 Å². The molecule has 1 fully saturated rings. The number of aryl methyl sites for hydroxylation is 2. The molecule has 2 aliphatic rings. The van der Waals surface area contributed by atoms with Crippen LogP contribution in [0.5, 0.6) is 0 Å². The van der Waals surface area contributed by atoms with Crippen molar-refractivity contribution in [3.05, 3.63) is 52.6 Å². The summed E-state index contributed by atoms with van der Waals surface area (Å²) in [5.74, 6) is 0.459. The quantitative estimate of drug-likeness (QED) is 0.878. The number of nitrogens with zero attached hydrogens (tertiary/aromatic N) is 2. The van der Waals surface area contributed by atoms with Gasteiger partial charge in [-0.15, -0.1) is 0 Å². The topological polar surface area (TPSA) is 51.1 Å². The Labute approximate surface area is 149 Å². The molecule has 0 aliphatic carbocycles. The van der Waals surface area contributed by atoms with E-state index in [0.717, 1.165) is 42.1 Å². The second-order valence-corrected chi connectivity index (χ2v) is 7.29. The van der Waals surface area contributed by atoms with Gasteiger partial charge in [-0.05, 0) is 61.7 Å². The fourth-order valence-corrected chi connectivity index (χ4v) is 4.31. The summed E-state index contributed by atoms with van der Waals surface area (Å²) < 4.78 is 0. The molecule has 0 spiro atoms. The number of hydrogen-bond donors (Lipinski definition) is 2. The first-order chi connectivity index (χ1) is 12.1. The van der Waals surface area contributed by atoms with Gasteiger partial charge in [-0.3, -0.25) is 0 Å². The summed E-state index contributed by atoms with van der Waals surface area (Å²) in [6.07, 6.45) is 1.13. The first-order valence-corrected chi connectivity index (χ1v) is 8.94. The molecule has 4 heteroatoms. The zero-order valence-electron chi connectivity index (χ0n) is 15.1. The smallest absolute Gasteiger partial charge is 0.101 e. The maximum Gasteiger partial charge on any atom is 0.101 e. The number of benzene rings is 2. The van der Waals surface area contributed by atoms with Crippen molar-refractivity contribution in [3.8, 4) is 6.07 Å². The first-order valence-electron chi connectivity index (χ1n) is 8.94. The maximum atomic E-state index is 9.72. The fraction of sp³-hybridized carbons (Fsp3) is 0.381. The van der Waals surface area contributed by atoms with E-state index in [9.17, 15) is 5.26 Å². The Bertz CT molecular complexity index is 865. The van der Waals surface area contributed by atoms with Crippen molar-refractivity contribution in [1.82, 2.24) is 5.32 Å². The van der Waals surface area contributed by atoms with Crippen LogP contribution in [-0.4, -0.2) is 26.2 Å². The van der Waals surface area contributed by atoms with Crippen LogP contribution >= 0.6 is 0 Å². The SMILES string of the molecule is Cc1ccc(C)c(Nc2cc(C#N)c3c(c2)[C@@H]2CNCCC2N3C)c1. The molecule has 2 N–H and O–H groups in total. The van der Waals surface area contributed by atoms with E-state index in [2.05, 4.69) is 66.8 Å². The van der Waals surface area contributed by atoms with Gasteiger partial charge in [0, 0.05) is 36.9 Å². The van der Waals surface area contributed by atoms with E-state index in [-0.39, 0.29) is 0 Å². The molecular formula is C21H24N4. The number of likely N-dealkylation sites (N-methyl/N-ethyl adjacent to an activating group) is 1. The summed E-state index contributed by atoms with van der Waals surface area (Å²) in [6.45, 7) is 6.24. The summed E-state index contributed by atoms with van der Waals surface area (Å²) in [5, 5.41) is 16.8. The van der Waals surface area contributed by atoms with Gasteiger partial charge < -0.3 is 15.5 Å². The highest BCUT2D eigenvalue weighted by Gasteiger charge is 2.39. The third-order valence-corrected chi connectivity index (χ3v) is 5.63. The molecule has 128 valence electrons. The predicted octanol–water partition coefficient (Wildman–Crippen LogP) is 3.81. The lowest BCUT2D eigenvalue weighted by atomic mass is 9.89. The molecule has 2 aromatic rings. The zero-order valence-corrected chi connectivity index (χ0v) is 15.1. The number of nitrogens with one attached hydrogen (secondary N) is 2. The van der Waals surface area contributed by atoms with E-state index in [1.54, 1.807) is 0 Å². The minimum Gasteiger partial charge on any atom is -0.370 e. The molecule has 2 heterocycles. The fourth-order valence-electron chi connectivity index (χ4n) is 4.31. The Morgan fingerprint density at radius 1 is 1.24 bits per heavy atom. The zero-order chi connectivity index (χ0) is 17.6. The van der Waals surface area contributed by atoms with Crippen molar-refractivity contribution in [2.75, 3.05) is 30.4 Å². The van der Waals surface area contributed by atoms with Crippen molar-refractivity contribution in [2.24, 2.45) is 0 Å². The molecule has 25 heavy (non-hydrogen) atoms. The van der Waals surface area contributed by atoms with E-state index in [1.807, 2.05) is 6.07 Å². The average Bonchev–Trinajstić information content (AvgIpc) is 2.91. The monoisotopic (exact) mass is 332 g/mol. The second-order valence-electron chi connectivity index (χ2n) is 7.29. The van der Waals surface area contributed by atoms with Crippen LogP contribution in [0, 0.1) is 25.2 Å². The van der Waals surface area contributed by atoms with Crippen LogP contribution in [0.15, 0.2) is 30.3 Å². The molecule has 1 unspecified atom stereocenters. The Morgan fingerprint density at radius 2 is 2.08 bits per heavy atom. The highest BCUT2D eigenvalue weighted by molar-refractivity contribution is 5.77. The minimum atomic E-state index is 0.459. The van der Waals surface area contributed by atoms with Gasteiger partial charge in [-0.25, -0.2) is 0 Å². The van der Waals surface area contributed by atoms with Crippen molar-refractivity contribution in [1.29, 1.82) is 5.26 Å². The average molecular weight is 332 g/mol. The van der Waals surface area contributed by atoms with Gasteiger partial charge in [0.05, 0.1) is 11.3 Å². The standard InChI is InChI=1S/C21H24N4/c1-13-4-5-14(2)19(8-13)24-16-9-15(11-22)21-17(10-16)18-12-23-7-6-20(18)25(21)3/h4-5,8-10,18,20,23-24H,6-7,12H2,1-3H3/t18-,20?/m0/s1. The molecule has 0 radical (unpaired) electrons. The normalized spacial score (nSPS) is 21.4. The lowest BCUT2D eigenvalue weighted by Crippen LogP contribution is -2.42. The predicted molar refractivity (Wildman–Crippen MR) is 103 cm³/mol. The lowest BCUT2D eigenvalue weighted by Gasteiger charge is -2.31. The van der Waals surface area contributed by atoms with Gasteiger partial charge in [0.25, 0.3) is 0 Å². The largest absolute Gasteiger partial charge is 0.370 e. The van der Waals surface area contributed by atoms with Crippen LogP contribution in [0.1, 0.15) is 34.6 Å². The molecule has 2 aliphatic heterocycles. The highest BCUT2D eigenvalue weighted by Crippen LogP contribution is 2.45. The molecule has 4 nitrogen and oxygen atoms in total. The summed E-state index contributed by atoms with van der Waals surface area (Å²) in [7, 11) is 2.13. The van der Waals surface area contributed by atoms with Gasteiger partial charge in [0.15, 0.2) is 0 Å². The summed E-state index contributed by atoms with van der Waals surface area (Å²) in [4.78, 5) is 2.32. The van der Waals surface area contributed by atoms with E-state index >= 15 is 0 Å². The summed E-state index contributed by atoms with van der Waals surface area (Å²) in [6, 6.07) is 13.6. The third-order valence-electron chi connectivity index (χ3n) is 5.63. The molecule has 4 rings (SSSR count). The van der Waals surface area contributed by atoms with Gasteiger partial charge in [-0.1, -0.05) is 12.1 Å². The molecule has 2 atom stereocenters. The minimum absolute atomic E-state index is 0.459. The third kappa shape index (κ3) is 2.65. The Kier molecular flexibility index (Phi) is 3.89. The van der Waals surface area contributed by atoms with Gasteiger partial charge in [0.2, 0.25) is 0 Å². The number of nitriles is 1. The molecule has 0 amide bonds. The number of rotatable bonds is 2. The Balaban J connectivity index is 1.77. The molecule has 0 bridgehead atoms. The van der Waals surface area contributed by atoms with Gasteiger partial charge in [0.1, 0.15) is 6.07 Å². The number of hydrogen-bond acceptors (Lipinski definition) is 4. The number of anilines is 3. The van der Waals surface area contributed by atoms with Crippen LogP contribution in [0.2, 0.25) is 0 Å². The lowest BCUT2D eigenvalue weighted by molar-refractivity contribution is 0.413. The van der Waals surface area contributed by atoms with Crippen LogP contribution in [0.25, 0.3) is 0 Å². The summed E-state index contributed by atoms with van der Waals surface area (Å²) >= 11 is 0. The van der Waals surface area contributed by atoms with Gasteiger partial charge >= 0.3 is 0 Å². The van der Waals surface area contributed by atoms with Crippen LogP contribution < -0.4 is 15.5 Å². The molecule has 2 aromatic carbocycles. The van der Waals surface area contributed by atoms with Crippen LogP contribution in [0.4, 0.5) is 17.1 Å². The number of fused-ring (bicyclic) bond motifs is 3. The van der Waals surface area contributed by atoms with E-state index < -0.39 is 0 Å². The van der Waals surface area contributed by atoms with E-state index in [4.69, 9.17) is 0 Å². The Morgan fingerprint density at radius 3 is 2.88 bits per heavy atom. The number of piperidine rings is 1. The highest BCUT2D eigenvalue weighted by atomic mass is 15.2. The van der Waals surface area contributed by atoms with Crippen molar-refractivity contribution in [3.63, 3.8) is 0 Å². The van der Waals surface area contributed by atoms with Crippen LogP contribution in [-0.2, 0) is 0 Å². The van der Waals surface area contributed by atoms with Gasteiger partial charge in [-0.2, -0.15) is 5.26 Å². The molecule has 0 saturated carbocycles. The van der Waals surface area contributed by atoms with E-state index in [1.165, 1.54) is 16.7 Å². The summed E-state index contributed by atoms with van der Waals surface area (Å²) in [5.41, 5.74) is 7.73. The molecular weight excluding hydrogens is 308 g/mol. The molecule has 0 aromatic heterocycles. The van der Waals surface area contributed by atoms with Crippen molar-refractivity contribution in [2.45, 2.75) is 32.2 Å². The van der Waals surface area contributed by atoms with Crippen LogP contribution in [0.3, 0.4) is 0 Å². The van der Waals surface area contributed by atoms with Crippen molar-refractivity contribution < 1.29 is 0 Å². The second kappa shape index (κ2) is 6.09. The Hall–Kier alpha value is -2.51. The van der Waals surface area contributed by atoms with E-state index in [0.29, 0.717) is 12.0 Å². The first kappa shape index (κ1) is 16.0. The molecule has 1 saturated heterocycles.